The van der Waals surface area contributed by atoms with Gasteiger partial charge in [0.2, 0.25) is 11.8 Å². The highest BCUT2D eigenvalue weighted by Crippen LogP contribution is 2.21. The largest absolute Gasteiger partial charge is 0.350 e. The summed E-state index contributed by atoms with van der Waals surface area (Å²) >= 11 is 5.14. The number of hydrogen-bond donors (Lipinski definition) is 1. The minimum Gasteiger partial charge on any atom is -0.350 e. The topological polar surface area (TPSA) is 49.4 Å². The maximum Gasteiger partial charge on any atom is 0.242 e. The van der Waals surface area contributed by atoms with Crippen LogP contribution in [-0.2, 0) is 16.1 Å². The van der Waals surface area contributed by atoms with Crippen molar-refractivity contribution in [2.75, 3.05) is 5.75 Å². The van der Waals surface area contributed by atoms with Gasteiger partial charge >= 0.3 is 0 Å². The molecule has 1 atom stereocenters. The smallest absolute Gasteiger partial charge is 0.242 e. The number of carbonyl (C=O) groups is 2. The summed E-state index contributed by atoms with van der Waals surface area (Å²) in [5.41, 5.74) is 1.85. The summed E-state index contributed by atoms with van der Waals surface area (Å²) in [5.74, 6) is 0.507. The molecule has 6 heteroatoms. The molecule has 0 heterocycles. The molecule has 0 aromatic heterocycles. The summed E-state index contributed by atoms with van der Waals surface area (Å²) in [6, 6.07) is 15.6. The van der Waals surface area contributed by atoms with Gasteiger partial charge in [-0.2, -0.15) is 0 Å². The average molecular weight is 491 g/mol. The van der Waals surface area contributed by atoms with Gasteiger partial charge in [-0.1, -0.05) is 45.8 Å². The first-order valence-electron chi connectivity index (χ1n) is 10.1. The highest BCUT2D eigenvalue weighted by atomic mass is 79.9. The first kappa shape index (κ1) is 24.5. The molecule has 0 spiro atoms. The van der Waals surface area contributed by atoms with Gasteiger partial charge in [0.15, 0.2) is 0 Å². The van der Waals surface area contributed by atoms with E-state index in [1.165, 1.54) is 5.56 Å². The Kier molecular flexibility index (Phi) is 8.98. The highest BCUT2D eigenvalue weighted by Gasteiger charge is 2.28. The second-order valence-corrected chi connectivity index (χ2v) is 10.6. The molecule has 0 saturated carbocycles. The van der Waals surface area contributed by atoms with Gasteiger partial charge < -0.3 is 10.2 Å². The molecule has 0 bridgehead atoms. The van der Waals surface area contributed by atoms with Crippen molar-refractivity contribution < 1.29 is 9.59 Å². The molecule has 162 valence electrons. The standard InChI is InChI=1S/C24H31BrN2O2S/c1-17-9-11-21(12-10-17)30-14-13-22(28)27(16-19-7-6-8-20(25)15-19)18(2)23(29)26-24(3,4)5/h6-12,15,18H,13-14,16H2,1-5H3,(H,26,29)/t18-/m0/s1. The molecular formula is C24H31BrN2O2S. The van der Waals surface area contributed by atoms with Crippen molar-refractivity contribution in [1.82, 2.24) is 10.2 Å². The third kappa shape index (κ3) is 8.15. The molecule has 0 unspecified atom stereocenters. The lowest BCUT2D eigenvalue weighted by Crippen LogP contribution is -2.52. The monoisotopic (exact) mass is 490 g/mol. The van der Waals surface area contributed by atoms with Crippen LogP contribution in [0.1, 0.15) is 45.2 Å². The fourth-order valence-corrected chi connectivity index (χ4v) is 4.21. The SMILES string of the molecule is Cc1ccc(SCCC(=O)N(Cc2cccc(Br)c2)[C@@H](C)C(=O)NC(C)(C)C)cc1. The van der Waals surface area contributed by atoms with Gasteiger partial charge in [-0.05, 0) is 64.4 Å². The predicted molar refractivity (Wildman–Crippen MR) is 129 cm³/mol. The molecule has 2 rings (SSSR count). The van der Waals surface area contributed by atoms with E-state index in [1.54, 1.807) is 23.6 Å². The van der Waals surface area contributed by atoms with Crippen molar-refractivity contribution in [2.24, 2.45) is 0 Å². The Labute approximate surface area is 192 Å². The normalized spacial score (nSPS) is 12.3. The number of aryl methyl sites for hydroxylation is 1. The van der Waals surface area contributed by atoms with Crippen molar-refractivity contribution >= 4 is 39.5 Å². The molecule has 30 heavy (non-hydrogen) atoms. The third-order valence-electron chi connectivity index (χ3n) is 4.51. The number of nitrogens with one attached hydrogen (secondary N) is 1. The number of amides is 2. The van der Waals surface area contributed by atoms with Gasteiger partial charge in [-0.25, -0.2) is 0 Å². The third-order valence-corrected chi connectivity index (χ3v) is 6.02. The van der Waals surface area contributed by atoms with Crippen LogP contribution in [0, 0.1) is 6.92 Å². The number of thioether (sulfide) groups is 1. The molecule has 0 aliphatic carbocycles. The molecule has 0 aliphatic rings. The van der Waals surface area contributed by atoms with Crippen molar-refractivity contribution in [3.8, 4) is 0 Å². The van der Waals surface area contributed by atoms with Gasteiger partial charge in [0.1, 0.15) is 6.04 Å². The van der Waals surface area contributed by atoms with Crippen LogP contribution in [-0.4, -0.2) is 34.0 Å². The lowest BCUT2D eigenvalue weighted by molar-refractivity contribution is -0.140. The molecule has 0 fully saturated rings. The molecule has 2 aromatic carbocycles. The van der Waals surface area contributed by atoms with Gasteiger partial charge in [-0.3, -0.25) is 9.59 Å². The van der Waals surface area contributed by atoms with Gasteiger partial charge in [0.25, 0.3) is 0 Å². The predicted octanol–water partition coefficient (Wildman–Crippen LogP) is 5.57. The minimum atomic E-state index is -0.555. The minimum absolute atomic E-state index is 0.0221. The Morgan fingerprint density at radius 2 is 1.80 bits per heavy atom. The van der Waals surface area contributed by atoms with Crippen molar-refractivity contribution in [2.45, 2.75) is 64.1 Å². The Morgan fingerprint density at radius 1 is 1.13 bits per heavy atom. The number of carbonyl (C=O) groups excluding carboxylic acids is 2. The van der Waals surface area contributed by atoms with Crippen LogP contribution in [0.5, 0.6) is 0 Å². The second kappa shape index (κ2) is 11.0. The van der Waals surface area contributed by atoms with E-state index >= 15 is 0 Å². The first-order valence-corrected chi connectivity index (χ1v) is 11.9. The van der Waals surface area contributed by atoms with E-state index in [4.69, 9.17) is 0 Å². The number of rotatable bonds is 8. The van der Waals surface area contributed by atoms with Gasteiger partial charge in [0.05, 0.1) is 0 Å². The summed E-state index contributed by atoms with van der Waals surface area (Å²) < 4.78 is 0.953. The Hall–Kier alpha value is -1.79. The average Bonchev–Trinajstić information content (AvgIpc) is 2.65. The zero-order chi connectivity index (χ0) is 22.3. The van der Waals surface area contributed by atoms with Crippen LogP contribution in [0.4, 0.5) is 0 Å². The molecule has 0 saturated heterocycles. The van der Waals surface area contributed by atoms with Gasteiger partial charge in [0, 0.05) is 33.6 Å². The molecule has 4 nitrogen and oxygen atoms in total. The van der Waals surface area contributed by atoms with E-state index in [0.29, 0.717) is 18.7 Å². The Bertz CT molecular complexity index is 862. The first-order chi connectivity index (χ1) is 14.0. The summed E-state index contributed by atoms with van der Waals surface area (Å²) in [6.07, 6.45) is 0.375. The van der Waals surface area contributed by atoms with Crippen molar-refractivity contribution in [3.63, 3.8) is 0 Å². The number of nitrogens with zero attached hydrogens (tertiary/aromatic N) is 1. The molecule has 0 radical (unpaired) electrons. The van der Waals surface area contributed by atoms with Crippen LogP contribution in [0.3, 0.4) is 0 Å². The van der Waals surface area contributed by atoms with E-state index in [1.807, 2.05) is 45.0 Å². The summed E-state index contributed by atoms with van der Waals surface area (Å²) in [5, 5.41) is 2.99. The maximum atomic E-state index is 13.1. The van der Waals surface area contributed by atoms with Crippen molar-refractivity contribution in [1.29, 1.82) is 0 Å². The van der Waals surface area contributed by atoms with Crippen molar-refractivity contribution in [3.05, 3.63) is 64.1 Å². The quantitative estimate of drug-likeness (QED) is 0.491. The van der Waals surface area contributed by atoms with E-state index in [-0.39, 0.29) is 17.4 Å². The maximum absolute atomic E-state index is 13.1. The highest BCUT2D eigenvalue weighted by molar-refractivity contribution is 9.10. The van der Waals surface area contributed by atoms with Gasteiger partial charge in [-0.15, -0.1) is 11.8 Å². The number of hydrogen-bond acceptors (Lipinski definition) is 3. The summed E-state index contributed by atoms with van der Waals surface area (Å²) in [6.45, 7) is 10.1. The fraction of sp³-hybridized carbons (Fsp3) is 0.417. The van der Waals surface area contributed by atoms with Crippen LogP contribution in [0.2, 0.25) is 0 Å². The molecular weight excluding hydrogens is 460 g/mol. The molecule has 0 aliphatic heterocycles. The van der Waals surface area contributed by atoms with E-state index < -0.39 is 6.04 Å². The Balaban J connectivity index is 2.09. The van der Waals surface area contributed by atoms with E-state index in [0.717, 1.165) is 14.9 Å². The van der Waals surface area contributed by atoms with Crippen LogP contribution in [0.25, 0.3) is 0 Å². The second-order valence-electron chi connectivity index (χ2n) is 8.48. The fourth-order valence-electron chi connectivity index (χ4n) is 2.92. The van der Waals surface area contributed by atoms with Crippen LogP contribution < -0.4 is 5.32 Å². The molecule has 2 amide bonds. The van der Waals surface area contributed by atoms with E-state index in [2.05, 4.69) is 52.4 Å². The zero-order valence-corrected chi connectivity index (χ0v) is 20.8. The van der Waals surface area contributed by atoms with Crippen LogP contribution >= 0.6 is 27.7 Å². The lowest BCUT2D eigenvalue weighted by Gasteiger charge is -2.31. The lowest BCUT2D eigenvalue weighted by atomic mass is 10.1. The van der Waals surface area contributed by atoms with Crippen LogP contribution in [0.15, 0.2) is 57.9 Å². The number of benzene rings is 2. The molecule has 2 aromatic rings. The summed E-state index contributed by atoms with van der Waals surface area (Å²) in [4.78, 5) is 28.7. The number of halogens is 1. The molecule has 1 N–H and O–H groups in total. The summed E-state index contributed by atoms with van der Waals surface area (Å²) in [7, 11) is 0. The van der Waals surface area contributed by atoms with E-state index in [9.17, 15) is 9.59 Å². The zero-order valence-electron chi connectivity index (χ0n) is 18.4. The Morgan fingerprint density at radius 3 is 2.40 bits per heavy atom.